The summed E-state index contributed by atoms with van der Waals surface area (Å²) in [7, 11) is 0. The molecular formula is C13H13Cl2NO3. The van der Waals surface area contributed by atoms with E-state index < -0.39 is 11.9 Å². The summed E-state index contributed by atoms with van der Waals surface area (Å²) in [6, 6.07) is 4.86. The Morgan fingerprint density at radius 1 is 1.32 bits per heavy atom. The molecule has 1 atom stereocenters. The number of hydrogen-bond acceptors (Lipinski definition) is 2. The van der Waals surface area contributed by atoms with Gasteiger partial charge in [0.05, 0.1) is 21.5 Å². The van der Waals surface area contributed by atoms with Gasteiger partial charge < -0.3 is 10.0 Å². The lowest BCUT2D eigenvalue weighted by Crippen LogP contribution is -2.42. The van der Waals surface area contributed by atoms with Gasteiger partial charge in [0.1, 0.15) is 0 Å². The average Bonchev–Trinajstić information content (AvgIpc) is 2.41. The minimum Gasteiger partial charge on any atom is -0.481 e. The molecular weight excluding hydrogens is 289 g/mol. The number of likely N-dealkylation sites (tertiary alicyclic amines) is 1. The van der Waals surface area contributed by atoms with Crippen LogP contribution < -0.4 is 0 Å². The van der Waals surface area contributed by atoms with Crippen LogP contribution in [0.1, 0.15) is 23.2 Å². The van der Waals surface area contributed by atoms with E-state index in [0.717, 1.165) is 0 Å². The second kappa shape index (κ2) is 5.80. The Morgan fingerprint density at radius 3 is 2.74 bits per heavy atom. The molecule has 0 aliphatic carbocycles. The molecule has 1 aliphatic rings. The second-order valence-corrected chi connectivity index (χ2v) is 5.32. The molecule has 2 rings (SSSR count). The number of carboxylic acid groups (broad SMARTS) is 1. The molecule has 1 saturated heterocycles. The standard InChI is InChI=1S/C13H13Cl2NO3/c14-10-5-1-4-9(11(10)15)12(17)16-6-2-3-8(7-16)13(18)19/h1,4-5,8H,2-3,6-7H2,(H,18,19). The van der Waals surface area contributed by atoms with E-state index in [1.807, 2.05) is 0 Å². The Kier molecular flexibility index (Phi) is 4.32. The number of carbonyl (C=O) groups excluding carboxylic acids is 1. The summed E-state index contributed by atoms with van der Waals surface area (Å²) in [6.45, 7) is 0.766. The number of aliphatic carboxylic acids is 1. The summed E-state index contributed by atoms with van der Waals surface area (Å²) in [5.41, 5.74) is 0.320. The average molecular weight is 302 g/mol. The zero-order valence-corrected chi connectivity index (χ0v) is 11.6. The molecule has 1 heterocycles. The first kappa shape index (κ1) is 14.2. The van der Waals surface area contributed by atoms with Crippen molar-refractivity contribution in [2.24, 2.45) is 5.92 Å². The van der Waals surface area contributed by atoms with Crippen molar-refractivity contribution in [2.75, 3.05) is 13.1 Å². The van der Waals surface area contributed by atoms with Crippen molar-refractivity contribution >= 4 is 35.1 Å². The largest absolute Gasteiger partial charge is 0.481 e. The predicted molar refractivity (Wildman–Crippen MR) is 72.7 cm³/mol. The molecule has 102 valence electrons. The van der Waals surface area contributed by atoms with E-state index >= 15 is 0 Å². The van der Waals surface area contributed by atoms with Crippen LogP contribution in [-0.2, 0) is 4.79 Å². The molecule has 6 heteroatoms. The minimum absolute atomic E-state index is 0.214. The summed E-state index contributed by atoms with van der Waals surface area (Å²) in [5, 5.41) is 9.56. The van der Waals surface area contributed by atoms with Gasteiger partial charge in [0, 0.05) is 13.1 Å². The molecule has 1 aromatic rings. The highest BCUT2D eigenvalue weighted by molar-refractivity contribution is 6.43. The van der Waals surface area contributed by atoms with Gasteiger partial charge in [-0.05, 0) is 25.0 Å². The number of nitrogens with zero attached hydrogens (tertiary/aromatic N) is 1. The van der Waals surface area contributed by atoms with E-state index in [2.05, 4.69) is 0 Å². The van der Waals surface area contributed by atoms with E-state index in [4.69, 9.17) is 28.3 Å². The first-order valence-electron chi connectivity index (χ1n) is 5.97. The van der Waals surface area contributed by atoms with Crippen molar-refractivity contribution in [3.63, 3.8) is 0 Å². The van der Waals surface area contributed by atoms with Crippen molar-refractivity contribution in [1.29, 1.82) is 0 Å². The topological polar surface area (TPSA) is 57.6 Å². The lowest BCUT2D eigenvalue weighted by Gasteiger charge is -2.31. The van der Waals surface area contributed by atoms with Crippen LogP contribution in [0.2, 0.25) is 10.0 Å². The Hall–Kier alpha value is -1.26. The fourth-order valence-electron chi connectivity index (χ4n) is 2.20. The highest BCUT2D eigenvalue weighted by atomic mass is 35.5. The second-order valence-electron chi connectivity index (χ2n) is 4.53. The summed E-state index contributed by atoms with van der Waals surface area (Å²) >= 11 is 11.9. The number of piperidine rings is 1. The SMILES string of the molecule is O=C(O)C1CCCN(C(=O)c2cccc(Cl)c2Cl)C1. The first-order chi connectivity index (χ1) is 9.00. The Balaban J connectivity index is 2.19. The third-order valence-electron chi connectivity index (χ3n) is 3.24. The fraction of sp³-hybridized carbons (Fsp3) is 0.385. The van der Waals surface area contributed by atoms with E-state index in [0.29, 0.717) is 30.0 Å². The van der Waals surface area contributed by atoms with Crippen molar-refractivity contribution in [2.45, 2.75) is 12.8 Å². The van der Waals surface area contributed by atoms with Gasteiger partial charge in [0.2, 0.25) is 0 Å². The van der Waals surface area contributed by atoms with Crippen LogP contribution in [0.3, 0.4) is 0 Å². The molecule has 0 saturated carbocycles. The highest BCUT2D eigenvalue weighted by Crippen LogP contribution is 2.28. The zero-order chi connectivity index (χ0) is 14.0. The quantitative estimate of drug-likeness (QED) is 0.914. The molecule has 1 amide bonds. The number of benzene rings is 1. The van der Waals surface area contributed by atoms with Gasteiger partial charge in [-0.1, -0.05) is 29.3 Å². The van der Waals surface area contributed by atoms with Gasteiger partial charge in [-0.3, -0.25) is 9.59 Å². The van der Waals surface area contributed by atoms with E-state index in [1.54, 1.807) is 18.2 Å². The number of carboxylic acids is 1. The maximum absolute atomic E-state index is 12.3. The van der Waals surface area contributed by atoms with Crippen LogP contribution in [0, 0.1) is 5.92 Å². The number of rotatable bonds is 2. The summed E-state index contributed by atoms with van der Waals surface area (Å²) in [4.78, 5) is 24.9. The molecule has 19 heavy (non-hydrogen) atoms. The van der Waals surface area contributed by atoms with Gasteiger partial charge in [-0.2, -0.15) is 0 Å². The van der Waals surface area contributed by atoms with Gasteiger partial charge in [0.15, 0.2) is 0 Å². The summed E-state index contributed by atoms with van der Waals surface area (Å²) in [6.07, 6.45) is 1.28. The van der Waals surface area contributed by atoms with Crippen LogP contribution in [0.25, 0.3) is 0 Å². The third-order valence-corrected chi connectivity index (χ3v) is 4.06. The van der Waals surface area contributed by atoms with Gasteiger partial charge >= 0.3 is 5.97 Å². The number of amides is 1. The van der Waals surface area contributed by atoms with E-state index in [9.17, 15) is 9.59 Å². The van der Waals surface area contributed by atoms with Gasteiger partial charge in [-0.25, -0.2) is 0 Å². The zero-order valence-electron chi connectivity index (χ0n) is 10.1. The molecule has 4 nitrogen and oxygen atoms in total. The molecule has 1 aromatic carbocycles. The van der Waals surface area contributed by atoms with Gasteiger partial charge in [0.25, 0.3) is 5.91 Å². The van der Waals surface area contributed by atoms with Crippen molar-refractivity contribution in [3.05, 3.63) is 33.8 Å². The lowest BCUT2D eigenvalue weighted by molar-refractivity contribution is -0.143. The number of halogens is 2. The smallest absolute Gasteiger partial charge is 0.308 e. The lowest BCUT2D eigenvalue weighted by atomic mass is 9.97. The molecule has 1 unspecified atom stereocenters. The van der Waals surface area contributed by atoms with E-state index in [-0.39, 0.29) is 17.5 Å². The van der Waals surface area contributed by atoms with Crippen molar-refractivity contribution in [1.82, 2.24) is 4.90 Å². The van der Waals surface area contributed by atoms with Crippen LogP contribution in [0.15, 0.2) is 18.2 Å². The molecule has 1 N–H and O–H groups in total. The van der Waals surface area contributed by atoms with Crippen LogP contribution in [0.4, 0.5) is 0 Å². The number of carbonyl (C=O) groups is 2. The molecule has 1 fully saturated rings. The molecule has 1 aliphatic heterocycles. The molecule has 0 aromatic heterocycles. The minimum atomic E-state index is -0.866. The normalized spacial score (nSPS) is 19.3. The summed E-state index contributed by atoms with van der Waals surface area (Å²) in [5.74, 6) is -1.64. The fourth-order valence-corrected chi connectivity index (χ4v) is 2.58. The maximum Gasteiger partial charge on any atom is 0.308 e. The molecule has 0 spiro atoms. The third kappa shape index (κ3) is 3.01. The Morgan fingerprint density at radius 2 is 2.05 bits per heavy atom. The van der Waals surface area contributed by atoms with Gasteiger partial charge in [-0.15, -0.1) is 0 Å². The van der Waals surface area contributed by atoms with Crippen molar-refractivity contribution < 1.29 is 14.7 Å². The Labute approximate surface area is 120 Å². The molecule has 0 radical (unpaired) electrons. The number of hydrogen-bond donors (Lipinski definition) is 1. The van der Waals surface area contributed by atoms with E-state index in [1.165, 1.54) is 4.90 Å². The highest BCUT2D eigenvalue weighted by Gasteiger charge is 2.29. The predicted octanol–water partition coefficient (Wildman–Crippen LogP) is 2.93. The summed E-state index contributed by atoms with van der Waals surface area (Å²) < 4.78 is 0. The van der Waals surface area contributed by atoms with Crippen LogP contribution >= 0.6 is 23.2 Å². The van der Waals surface area contributed by atoms with Crippen LogP contribution in [0.5, 0.6) is 0 Å². The van der Waals surface area contributed by atoms with Crippen molar-refractivity contribution in [3.8, 4) is 0 Å². The first-order valence-corrected chi connectivity index (χ1v) is 6.72. The van der Waals surface area contributed by atoms with Crippen LogP contribution in [-0.4, -0.2) is 35.0 Å². The monoisotopic (exact) mass is 301 g/mol. The maximum atomic E-state index is 12.3. The molecule has 0 bridgehead atoms. The Bertz CT molecular complexity index is 519.